The summed E-state index contributed by atoms with van der Waals surface area (Å²) in [4.78, 5) is 0. The molecule has 0 aliphatic carbocycles. The molecule has 0 amide bonds. The van der Waals surface area contributed by atoms with Gasteiger partial charge in [0.2, 0.25) is 0 Å². The van der Waals surface area contributed by atoms with Crippen LogP contribution in [0.25, 0.3) is 0 Å². The lowest BCUT2D eigenvalue weighted by Crippen LogP contribution is -2.36. The highest BCUT2D eigenvalue weighted by atomic mass is 16.3. The summed E-state index contributed by atoms with van der Waals surface area (Å²) in [5.74, 6) is 0. The highest BCUT2D eigenvalue weighted by Crippen LogP contribution is 1.85. The third-order valence-electron chi connectivity index (χ3n) is 2.17. The highest BCUT2D eigenvalue weighted by Gasteiger charge is 2.01. The average Bonchev–Trinajstić information content (AvgIpc) is 2.19. The Morgan fingerprint density at radius 2 is 1.36 bits per heavy atom. The summed E-state index contributed by atoms with van der Waals surface area (Å²) in [6.07, 6.45) is 4.55. The minimum atomic E-state index is -0.247. The van der Waals surface area contributed by atoms with Crippen molar-refractivity contribution in [2.24, 2.45) is 0 Å². The zero-order chi connectivity index (χ0) is 10.6. The summed E-state index contributed by atoms with van der Waals surface area (Å²) in [5.41, 5.74) is 0. The Morgan fingerprint density at radius 1 is 0.929 bits per heavy atom. The SMILES string of the molecule is CCCCNCC(O)CNCCCC. The lowest BCUT2D eigenvalue weighted by Gasteiger charge is -2.12. The molecule has 0 fully saturated rings. The molecule has 14 heavy (non-hydrogen) atoms. The van der Waals surface area contributed by atoms with Crippen molar-refractivity contribution in [1.82, 2.24) is 10.6 Å². The number of aliphatic hydroxyl groups excluding tert-OH is 1. The number of hydrogen-bond acceptors (Lipinski definition) is 3. The van der Waals surface area contributed by atoms with Crippen molar-refractivity contribution in [3.63, 3.8) is 0 Å². The lowest BCUT2D eigenvalue weighted by molar-refractivity contribution is 0.168. The Kier molecular flexibility index (Phi) is 10.9. The van der Waals surface area contributed by atoms with Crippen LogP contribution in [-0.4, -0.2) is 37.4 Å². The molecule has 3 nitrogen and oxygen atoms in total. The van der Waals surface area contributed by atoms with Crippen LogP contribution in [0.3, 0.4) is 0 Å². The van der Waals surface area contributed by atoms with Gasteiger partial charge >= 0.3 is 0 Å². The predicted octanol–water partition coefficient (Wildman–Crippen LogP) is 1.13. The van der Waals surface area contributed by atoms with Crippen molar-refractivity contribution in [3.8, 4) is 0 Å². The number of rotatable bonds is 10. The summed E-state index contributed by atoms with van der Waals surface area (Å²) >= 11 is 0. The Morgan fingerprint density at radius 3 is 1.71 bits per heavy atom. The molecule has 0 aromatic rings. The van der Waals surface area contributed by atoms with E-state index in [1.807, 2.05) is 0 Å². The van der Waals surface area contributed by atoms with Gasteiger partial charge in [0.15, 0.2) is 0 Å². The van der Waals surface area contributed by atoms with Crippen LogP contribution >= 0.6 is 0 Å². The fourth-order valence-corrected chi connectivity index (χ4v) is 1.21. The normalized spacial score (nSPS) is 11.1. The highest BCUT2D eigenvalue weighted by molar-refractivity contribution is 4.62. The molecule has 0 spiro atoms. The summed E-state index contributed by atoms with van der Waals surface area (Å²) in [5, 5.41) is 16.0. The maximum Gasteiger partial charge on any atom is 0.0788 e. The van der Waals surface area contributed by atoms with Gasteiger partial charge in [0, 0.05) is 13.1 Å². The van der Waals surface area contributed by atoms with Crippen LogP contribution in [0.2, 0.25) is 0 Å². The summed E-state index contributed by atoms with van der Waals surface area (Å²) < 4.78 is 0. The fourth-order valence-electron chi connectivity index (χ4n) is 1.21. The van der Waals surface area contributed by atoms with E-state index in [4.69, 9.17) is 0 Å². The first-order valence-corrected chi connectivity index (χ1v) is 5.90. The summed E-state index contributed by atoms with van der Waals surface area (Å²) in [6.45, 7) is 7.79. The van der Waals surface area contributed by atoms with Crippen LogP contribution in [0.4, 0.5) is 0 Å². The molecule has 0 aromatic heterocycles. The Bertz CT molecular complexity index is 97.5. The summed E-state index contributed by atoms with van der Waals surface area (Å²) in [7, 11) is 0. The van der Waals surface area contributed by atoms with E-state index in [1.165, 1.54) is 25.7 Å². The van der Waals surface area contributed by atoms with Gasteiger partial charge in [0.1, 0.15) is 0 Å². The van der Waals surface area contributed by atoms with Crippen molar-refractivity contribution in [3.05, 3.63) is 0 Å². The van der Waals surface area contributed by atoms with Gasteiger partial charge in [-0.1, -0.05) is 26.7 Å². The van der Waals surface area contributed by atoms with Gasteiger partial charge in [0.25, 0.3) is 0 Å². The number of aliphatic hydroxyl groups is 1. The largest absolute Gasteiger partial charge is 0.390 e. The smallest absolute Gasteiger partial charge is 0.0788 e. The van der Waals surface area contributed by atoms with Crippen molar-refractivity contribution < 1.29 is 5.11 Å². The van der Waals surface area contributed by atoms with E-state index in [-0.39, 0.29) is 6.10 Å². The molecule has 0 aliphatic heterocycles. The van der Waals surface area contributed by atoms with E-state index in [0.29, 0.717) is 13.1 Å². The molecule has 0 saturated carbocycles. The molecule has 0 unspecified atom stereocenters. The van der Waals surface area contributed by atoms with Gasteiger partial charge in [-0.3, -0.25) is 0 Å². The topological polar surface area (TPSA) is 44.3 Å². The van der Waals surface area contributed by atoms with Crippen molar-refractivity contribution in [1.29, 1.82) is 0 Å². The maximum atomic E-state index is 9.52. The molecule has 0 radical (unpaired) electrons. The van der Waals surface area contributed by atoms with E-state index in [0.717, 1.165) is 13.1 Å². The van der Waals surface area contributed by atoms with Crippen molar-refractivity contribution in [2.75, 3.05) is 26.2 Å². The van der Waals surface area contributed by atoms with Crippen LogP contribution in [0.1, 0.15) is 39.5 Å². The molecule has 0 rings (SSSR count). The molecule has 0 heterocycles. The van der Waals surface area contributed by atoms with Gasteiger partial charge in [-0.25, -0.2) is 0 Å². The minimum absolute atomic E-state index is 0.247. The van der Waals surface area contributed by atoms with Crippen LogP contribution in [0, 0.1) is 0 Å². The quantitative estimate of drug-likeness (QED) is 0.465. The first-order valence-electron chi connectivity index (χ1n) is 5.90. The fraction of sp³-hybridized carbons (Fsp3) is 1.00. The second-order valence-corrected chi connectivity index (χ2v) is 3.77. The van der Waals surface area contributed by atoms with Crippen LogP contribution in [0.5, 0.6) is 0 Å². The third-order valence-corrected chi connectivity index (χ3v) is 2.17. The maximum absolute atomic E-state index is 9.52. The molecule has 0 saturated heterocycles. The summed E-state index contributed by atoms with van der Waals surface area (Å²) in [6, 6.07) is 0. The molecule has 0 aromatic carbocycles. The van der Waals surface area contributed by atoms with Crippen LogP contribution in [-0.2, 0) is 0 Å². The molecule has 3 N–H and O–H groups in total. The van der Waals surface area contributed by atoms with E-state index in [1.54, 1.807) is 0 Å². The number of nitrogens with one attached hydrogen (secondary N) is 2. The van der Waals surface area contributed by atoms with Gasteiger partial charge in [-0.05, 0) is 25.9 Å². The van der Waals surface area contributed by atoms with E-state index >= 15 is 0 Å². The number of hydrogen-bond donors (Lipinski definition) is 3. The predicted molar refractivity (Wildman–Crippen MR) is 61.6 cm³/mol. The second kappa shape index (κ2) is 11.0. The van der Waals surface area contributed by atoms with Crippen LogP contribution < -0.4 is 10.6 Å². The van der Waals surface area contributed by atoms with Gasteiger partial charge < -0.3 is 15.7 Å². The zero-order valence-electron chi connectivity index (χ0n) is 9.68. The lowest BCUT2D eigenvalue weighted by atomic mass is 10.3. The molecule has 3 heteroatoms. The minimum Gasteiger partial charge on any atom is -0.390 e. The zero-order valence-corrected chi connectivity index (χ0v) is 9.68. The van der Waals surface area contributed by atoms with Crippen molar-refractivity contribution in [2.45, 2.75) is 45.6 Å². The monoisotopic (exact) mass is 202 g/mol. The molecule has 0 aliphatic rings. The average molecular weight is 202 g/mol. The van der Waals surface area contributed by atoms with Crippen LogP contribution in [0.15, 0.2) is 0 Å². The van der Waals surface area contributed by atoms with E-state index in [9.17, 15) is 5.11 Å². The first kappa shape index (κ1) is 13.9. The molecule has 0 atom stereocenters. The Labute approximate surface area is 88.3 Å². The molecular formula is C11H26N2O. The Balaban J connectivity index is 3.07. The van der Waals surface area contributed by atoms with Gasteiger partial charge in [-0.2, -0.15) is 0 Å². The van der Waals surface area contributed by atoms with Gasteiger partial charge in [-0.15, -0.1) is 0 Å². The molecule has 86 valence electrons. The van der Waals surface area contributed by atoms with E-state index in [2.05, 4.69) is 24.5 Å². The third kappa shape index (κ3) is 9.96. The van der Waals surface area contributed by atoms with E-state index < -0.39 is 0 Å². The van der Waals surface area contributed by atoms with Gasteiger partial charge in [0.05, 0.1) is 6.10 Å². The Hall–Kier alpha value is -0.120. The first-order chi connectivity index (χ1) is 6.81. The second-order valence-electron chi connectivity index (χ2n) is 3.77. The van der Waals surface area contributed by atoms with Crippen molar-refractivity contribution >= 4 is 0 Å². The standard InChI is InChI=1S/C11H26N2O/c1-3-5-7-12-9-11(14)10-13-8-6-4-2/h11-14H,3-10H2,1-2H3. The molecular weight excluding hydrogens is 176 g/mol. The number of unbranched alkanes of at least 4 members (excludes halogenated alkanes) is 2. The molecule has 0 bridgehead atoms.